The Balaban J connectivity index is 1.89. The van der Waals surface area contributed by atoms with Gasteiger partial charge < -0.3 is 0 Å². The van der Waals surface area contributed by atoms with E-state index in [0.717, 1.165) is 0 Å². The summed E-state index contributed by atoms with van der Waals surface area (Å²) in [6.45, 7) is -1.44. The van der Waals surface area contributed by atoms with Crippen molar-refractivity contribution in [2.24, 2.45) is 5.92 Å². The van der Waals surface area contributed by atoms with Crippen molar-refractivity contribution >= 4 is 11.6 Å². The zero-order chi connectivity index (χ0) is 20.5. The Morgan fingerprint density at radius 2 is 1.82 bits per heavy atom. The molecule has 0 atom stereocenters. The van der Waals surface area contributed by atoms with Crippen LogP contribution in [0.2, 0.25) is 5.02 Å². The lowest BCUT2D eigenvalue weighted by Gasteiger charge is -2.28. The largest absolute Gasteiger partial charge is 0.408 e. The Morgan fingerprint density at radius 1 is 1.18 bits per heavy atom. The summed E-state index contributed by atoms with van der Waals surface area (Å²) in [6, 6.07) is 6.76. The highest BCUT2D eigenvalue weighted by atomic mass is 35.5. The minimum Gasteiger partial charge on any atom is -0.278 e. The number of nitrogens with zero attached hydrogens (tertiary/aromatic N) is 3. The van der Waals surface area contributed by atoms with E-state index in [1.165, 1.54) is 4.57 Å². The number of benzene rings is 1. The second kappa shape index (κ2) is 7.85. The molecule has 1 aromatic carbocycles. The molecule has 1 saturated carbocycles. The molecule has 0 amide bonds. The summed E-state index contributed by atoms with van der Waals surface area (Å²) in [7, 11) is 0. The van der Waals surface area contributed by atoms with Gasteiger partial charge in [-0.2, -0.15) is 18.3 Å². The van der Waals surface area contributed by atoms with Crippen LogP contribution < -0.4 is 5.69 Å². The number of hydrogen-bond acceptors (Lipinski definition) is 2. The average Bonchev–Trinajstić information content (AvgIpc) is 2.86. The summed E-state index contributed by atoms with van der Waals surface area (Å²) in [5, 5.41) is 4.27. The molecule has 1 aliphatic rings. The van der Waals surface area contributed by atoms with E-state index in [-0.39, 0.29) is 50.4 Å². The Labute approximate surface area is 162 Å². The van der Waals surface area contributed by atoms with Gasteiger partial charge in [0.05, 0.1) is 0 Å². The van der Waals surface area contributed by atoms with Gasteiger partial charge in [-0.05, 0) is 30.4 Å². The molecule has 1 heterocycles. The molecule has 1 aliphatic carbocycles. The summed E-state index contributed by atoms with van der Waals surface area (Å²) in [4.78, 5) is 12.5. The number of alkyl halides is 5. The lowest BCUT2D eigenvalue weighted by Crippen LogP contribution is -2.33. The third-order valence-electron chi connectivity index (χ3n) is 4.91. The second-order valence-corrected chi connectivity index (χ2v) is 7.56. The third kappa shape index (κ3) is 5.12. The fourth-order valence-electron chi connectivity index (χ4n) is 3.43. The van der Waals surface area contributed by atoms with Gasteiger partial charge in [0.15, 0.2) is 0 Å². The standard InChI is InChI=1S/C18H19ClF5N3O/c19-14-4-2-1-3-13(14)9-15-25-27(11-18(22,23)24)16(28)26(15)10-12-5-7-17(20,21)8-6-12/h1-4,12H,5-11H2. The molecule has 3 rings (SSSR count). The maximum Gasteiger partial charge on any atom is 0.408 e. The zero-order valence-electron chi connectivity index (χ0n) is 14.9. The van der Waals surface area contributed by atoms with Gasteiger partial charge in [0.1, 0.15) is 12.4 Å². The first-order valence-corrected chi connectivity index (χ1v) is 9.26. The van der Waals surface area contributed by atoms with Crippen LogP contribution in [0.15, 0.2) is 29.1 Å². The Hall–Kier alpha value is -1.90. The molecule has 1 aromatic heterocycles. The zero-order valence-corrected chi connectivity index (χ0v) is 15.6. The van der Waals surface area contributed by atoms with Crippen LogP contribution in [0.3, 0.4) is 0 Å². The van der Waals surface area contributed by atoms with Crippen molar-refractivity contribution in [2.75, 3.05) is 0 Å². The van der Waals surface area contributed by atoms with Crippen LogP contribution >= 0.6 is 11.6 Å². The summed E-state index contributed by atoms with van der Waals surface area (Å²) >= 11 is 6.12. The molecular weight excluding hydrogens is 405 g/mol. The molecule has 0 spiro atoms. The van der Waals surface area contributed by atoms with Crippen molar-refractivity contribution in [3.63, 3.8) is 0 Å². The number of rotatable bonds is 5. The molecule has 0 N–H and O–H groups in total. The monoisotopic (exact) mass is 423 g/mol. The van der Waals surface area contributed by atoms with Crippen LogP contribution in [0.25, 0.3) is 0 Å². The maximum atomic E-state index is 13.4. The summed E-state index contributed by atoms with van der Waals surface area (Å²) in [6.07, 6.45) is -4.70. The van der Waals surface area contributed by atoms with Crippen molar-refractivity contribution in [2.45, 2.75) is 57.3 Å². The highest BCUT2D eigenvalue weighted by molar-refractivity contribution is 6.31. The minimum absolute atomic E-state index is 0.0621. The molecule has 0 aliphatic heterocycles. The highest BCUT2D eigenvalue weighted by Gasteiger charge is 2.36. The molecular formula is C18H19ClF5N3O. The van der Waals surface area contributed by atoms with E-state index >= 15 is 0 Å². The third-order valence-corrected chi connectivity index (χ3v) is 5.28. The van der Waals surface area contributed by atoms with Crippen molar-refractivity contribution < 1.29 is 22.0 Å². The van der Waals surface area contributed by atoms with E-state index < -0.39 is 24.3 Å². The first kappa shape index (κ1) is 20.8. The molecule has 0 saturated heterocycles. The molecule has 4 nitrogen and oxygen atoms in total. The highest BCUT2D eigenvalue weighted by Crippen LogP contribution is 2.36. The van der Waals surface area contributed by atoms with E-state index in [4.69, 9.17) is 11.6 Å². The molecule has 1 fully saturated rings. The lowest BCUT2D eigenvalue weighted by molar-refractivity contribution is -0.143. The van der Waals surface area contributed by atoms with Gasteiger partial charge in [-0.3, -0.25) is 4.57 Å². The van der Waals surface area contributed by atoms with Crippen LogP contribution in [0, 0.1) is 5.92 Å². The SMILES string of the molecule is O=c1n(CC(F)(F)F)nc(Cc2ccccc2Cl)n1CC1CCC(F)(F)CC1. The molecule has 0 unspecified atom stereocenters. The van der Waals surface area contributed by atoms with E-state index in [0.29, 0.717) is 15.3 Å². The van der Waals surface area contributed by atoms with Gasteiger partial charge in [0, 0.05) is 30.8 Å². The summed E-state index contributed by atoms with van der Waals surface area (Å²) in [5.41, 5.74) is -0.276. The van der Waals surface area contributed by atoms with Crippen molar-refractivity contribution in [1.29, 1.82) is 0 Å². The maximum absolute atomic E-state index is 13.4. The number of aromatic nitrogens is 3. The van der Waals surface area contributed by atoms with Gasteiger partial charge >= 0.3 is 11.9 Å². The summed E-state index contributed by atoms with van der Waals surface area (Å²) in [5.74, 6) is -2.80. The molecule has 2 aromatic rings. The van der Waals surface area contributed by atoms with Crippen LogP contribution in [0.4, 0.5) is 22.0 Å². The normalized spacial score (nSPS) is 17.8. The number of hydrogen-bond donors (Lipinski definition) is 0. The molecule has 154 valence electrons. The topological polar surface area (TPSA) is 39.8 Å². The predicted octanol–water partition coefficient (Wildman–Crippen LogP) is 4.68. The smallest absolute Gasteiger partial charge is 0.278 e. The molecule has 0 bridgehead atoms. The minimum atomic E-state index is -4.60. The first-order valence-electron chi connectivity index (χ1n) is 8.88. The Kier molecular flexibility index (Phi) is 5.84. The van der Waals surface area contributed by atoms with Gasteiger partial charge in [0.2, 0.25) is 5.92 Å². The second-order valence-electron chi connectivity index (χ2n) is 7.15. The molecule has 10 heteroatoms. The summed E-state index contributed by atoms with van der Waals surface area (Å²) < 4.78 is 66.6. The van der Waals surface area contributed by atoms with E-state index in [9.17, 15) is 26.7 Å². The van der Waals surface area contributed by atoms with E-state index in [1.807, 2.05) is 0 Å². The quantitative estimate of drug-likeness (QED) is 0.655. The van der Waals surface area contributed by atoms with E-state index in [2.05, 4.69) is 5.10 Å². The van der Waals surface area contributed by atoms with E-state index in [1.54, 1.807) is 24.3 Å². The van der Waals surface area contributed by atoms with Gasteiger partial charge in [-0.15, -0.1) is 0 Å². The van der Waals surface area contributed by atoms with Crippen molar-refractivity contribution in [1.82, 2.24) is 14.3 Å². The molecule has 28 heavy (non-hydrogen) atoms. The van der Waals surface area contributed by atoms with Gasteiger partial charge in [0.25, 0.3) is 0 Å². The fourth-order valence-corrected chi connectivity index (χ4v) is 3.63. The van der Waals surface area contributed by atoms with Crippen molar-refractivity contribution in [3.8, 4) is 0 Å². The Bertz CT molecular complexity index is 880. The van der Waals surface area contributed by atoms with Crippen LogP contribution in [-0.2, 0) is 19.5 Å². The number of halogens is 6. The predicted molar refractivity (Wildman–Crippen MR) is 93.7 cm³/mol. The Morgan fingerprint density at radius 3 is 2.43 bits per heavy atom. The fraction of sp³-hybridized carbons (Fsp3) is 0.556. The average molecular weight is 424 g/mol. The van der Waals surface area contributed by atoms with Crippen LogP contribution in [-0.4, -0.2) is 26.4 Å². The van der Waals surface area contributed by atoms with Crippen LogP contribution in [0.1, 0.15) is 37.1 Å². The van der Waals surface area contributed by atoms with Gasteiger partial charge in [-0.25, -0.2) is 18.3 Å². The first-order chi connectivity index (χ1) is 13.0. The van der Waals surface area contributed by atoms with Crippen molar-refractivity contribution in [3.05, 3.63) is 51.2 Å². The lowest BCUT2D eigenvalue weighted by atomic mass is 9.86. The molecule has 0 radical (unpaired) electrons. The van der Waals surface area contributed by atoms with Crippen LogP contribution in [0.5, 0.6) is 0 Å². The van der Waals surface area contributed by atoms with Gasteiger partial charge in [-0.1, -0.05) is 29.8 Å².